The molecule has 10 nitrogen and oxygen atoms in total. The predicted octanol–water partition coefficient (Wildman–Crippen LogP) is 4.62. The van der Waals surface area contributed by atoms with Crippen molar-refractivity contribution < 1.29 is 23.9 Å². The van der Waals surface area contributed by atoms with Gasteiger partial charge in [-0.1, -0.05) is 52.0 Å². The summed E-state index contributed by atoms with van der Waals surface area (Å²) in [6, 6.07) is 6.13. The maximum absolute atomic E-state index is 13.3. The lowest BCUT2D eigenvalue weighted by Crippen LogP contribution is -2.61. The van der Waals surface area contributed by atoms with E-state index in [1.165, 1.54) is 5.01 Å². The molecule has 0 bridgehead atoms. The summed E-state index contributed by atoms with van der Waals surface area (Å²) in [4.78, 5) is 56.8. The van der Waals surface area contributed by atoms with Crippen LogP contribution in [0.25, 0.3) is 16.8 Å². The van der Waals surface area contributed by atoms with Gasteiger partial charge < -0.3 is 15.4 Å². The number of rotatable bonds is 14. The van der Waals surface area contributed by atoms with E-state index in [1.807, 2.05) is 38.1 Å². The Morgan fingerprint density at radius 3 is 2.52 bits per heavy atom. The van der Waals surface area contributed by atoms with Gasteiger partial charge in [0, 0.05) is 18.1 Å². The number of allylic oxidation sites excluding steroid dienone is 1. The second-order valence-electron chi connectivity index (χ2n) is 11.8. The number of amides is 3. The molecule has 44 heavy (non-hydrogen) atoms. The molecule has 1 aromatic carbocycles. The molecule has 10 heteroatoms. The smallest absolute Gasteiger partial charge is 0.310 e. The number of ether oxygens (including phenoxy) is 1. The van der Waals surface area contributed by atoms with Crippen LogP contribution >= 0.6 is 0 Å². The van der Waals surface area contributed by atoms with Gasteiger partial charge in [-0.15, -0.1) is 6.58 Å². The van der Waals surface area contributed by atoms with E-state index in [1.54, 1.807) is 39.1 Å². The second kappa shape index (κ2) is 16.1. The number of nitrogens with zero attached hydrogens (tertiary/aromatic N) is 2. The van der Waals surface area contributed by atoms with Crippen molar-refractivity contribution >= 4 is 40.5 Å². The van der Waals surface area contributed by atoms with Crippen LogP contribution in [0.4, 0.5) is 0 Å². The molecule has 238 valence electrons. The molecule has 0 saturated carbocycles. The van der Waals surface area contributed by atoms with E-state index in [4.69, 9.17) is 4.74 Å². The number of nitrogens with one attached hydrogen (secondary N) is 3. The molecule has 3 amide bonds. The van der Waals surface area contributed by atoms with Crippen molar-refractivity contribution in [2.24, 2.45) is 11.8 Å². The summed E-state index contributed by atoms with van der Waals surface area (Å²) in [5.74, 6) is -2.23. The summed E-state index contributed by atoms with van der Waals surface area (Å²) in [6.45, 7) is 16.9. The first-order chi connectivity index (χ1) is 21.0. The van der Waals surface area contributed by atoms with Gasteiger partial charge in [0.15, 0.2) is 6.10 Å². The first kappa shape index (κ1) is 34.4. The Labute approximate surface area is 260 Å². The summed E-state index contributed by atoms with van der Waals surface area (Å²) in [7, 11) is 0. The minimum Gasteiger partial charge on any atom is -0.452 e. The number of aromatic nitrogens is 1. The maximum atomic E-state index is 13.3. The number of benzene rings is 1. The molecule has 1 aliphatic heterocycles. The van der Waals surface area contributed by atoms with Crippen LogP contribution in [0.2, 0.25) is 0 Å². The topological polar surface area (TPSA) is 130 Å². The molecule has 1 saturated heterocycles. The van der Waals surface area contributed by atoms with Gasteiger partial charge in [0.25, 0.3) is 11.8 Å². The summed E-state index contributed by atoms with van der Waals surface area (Å²) in [5, 5.41) is 9.15. The first-order valence-electron chi connectivity index (χ1n) is 15.5. The fourth-order valence-corrected chi connectivity index (χ4v) is 5.28. The third-order valence-corrected chi connectivity index (χ3v) is 7.86. The lowest BCUT2D eigenvalue weighted by Gasteiger charge is -2.35. The van der Waals surface area contributed by atoms with Gasteiger partial charge in [0.05, 0.1) is 17.7 Å². The summed E-state index contributed by atoms with van der Waals surface area (Å²) in [6.07, 6.45) is 7.21. The van der Waals surface area contributed by atoms with Gasteiger partial charge in [-0.25, -0.2) is 5.43 Å². The number of hydrogen-bond donors (Lipinski definition) is 3. The molecule has 0 spiro atoms. The molecule has 2 aromatic rings. The molecule has 1 aromatic heterocycles. The Bertz CT molecular complexity index is 1360. The van der Waals surface area contributed by atoms with Crippen LogP contribution in [0.3, 0.4) is 0 Å². The molecular weight excluding hydrogens is 558 g/mol. The van der Waals surface area contributed by atoms with Crippen molar-refractivity contribution in [1.29, 1.82) is 0 Å². The van der Waals surface area contributed by atoms with Crippen LogP contribution in [0, 0.1) is 11.8 Å². The zero-order chi connectivity index (χ0) is 32.4. The standard InChI is InChI=1S/C34H47N5O5/c1-8-12-24(13-9-2)34(43)44-30(21(4)5)32(41)37-23(7)33(42)39-17-11-14-29(38-39)31(40)36-22(6)25-15-16-26-20-35-28(10-3)19-27(26)18-25/h8,10,15-16,18-24,29-30,38H,1,3,9,11-14,17H2,2,4-7H3,(H,36,40)(H,37,41)/t22-,23+,24+,29+,30?/m1/s1. The average Bonchev–Trinajstić information content (AvgIpc) is 3.02. The molecule has 0 aliphatic carbocycles. The summed E-state index contributed by atoms with van der Waals surface area (Å²) >= 11 is 0. The van der Waals surface area contributed by atoms with Gasteiger partial charge in [0.1, 0.15) is 12.1 Å². The quantitative estimate of drug-likeness (QED) is 0.212. The largest absolute Gasteiger partial charge is 0.452 e. The van der Waals surface area contributed by atoms with Crippen molar-refractivity contribution in [3.05, 3.63) is 61.0 Å². The highest BCUT2D eigenvalue weighted by Crippen LogP contribution is 2.22. The van der Waals surface area contributed by atoms with E-state index >= 15 is 0 Å². The van der Waals surface area contributed by atoms with Crippen LogP contribution in [0.15, 0.2) is 49.7 Å². The third kappa shape index (κ3) is 8.98. The SMILES string of the molecule is C=CC[C@@H](CCC)C(=O)OC(C(=O)N[C@@H](C)C(=O)N1CCC[C@@H](C(=O)N[C@H](C)c2ccc3cnc(C=C)cc3c2)N1)C(C)C. The Morgan fingerprint density at radius 1 is 1.11 bits per heavy atom. The van der Waals surface area contributed by atoms with E-state index in [9.17, 15) is 19.2 Å². The fourth-order valence-electron chi connectivity index (χ4n) is 5.28. The zero-order valence-electron chi connectivity index (χ0n) is 26.6. The van der Waals surface area contributed by atoms with Crippen LogP contribution < -0.4 is 16.1 Å². The number of hydrogen-bond acceptors (Lipinski definition) is 7. The number of carbonyl (C=O) groups excluding carboxylic acids is 4. The van der Waals surface area contributed by atoms with Gasteiger partial charge in [-0.2, -0.15) is 0 Å². The fraction of sp³-hybridized carbons (Fsp3) is 0.500. The van der Waals surface area contributed by atoms with Crippen molar-refractivity contribution in [1.82, 2.24) is 26.1 Å². The van der Waals surface area contributed by atoms with Gasteiger partial charge in [-0.05, 0) is 74.6 Å². The molecule has 2 heterocycles. The van der Waals surface area contributed by atoms with Gasteiger partial charge >= 0.3 is 5.97 Å². The van der Waals surface area contributed by atoms with E-state index < -0.39 is 30.1 Å². The molecule has 1 aliphatic rings. The molecule has 0 radical (unpaired) electrons. The molecule has 1 unspecified atom stereocenters. The molecule has 1 fully saturated rings. The second-order valence-corrected chi connectivity index (χ2v) is 11.8. The third-order valence-electron chi connectivity index (χ3n) is 7.86. The average molecular weight is 606 g/mol. The predicted molar refractivity (Wildman–Crippen MR) is 172 cm³/mol. The highest BCUT2D eigenvalue weighted by atomic mass is 16.5. The van der Waals surface area contributed by atoms with Crippen molar-refractivity contribution in [3.8, 4) is 0 Å². The van der Waals surface area contributed by atoms with Crippen molar-refractivity contribution in [2.45, 2.75) is 91.0 Å². The maximum Gasteiger partial charge on any atom is 0.310 e. The van der Waals surface area contributed by atoms with Gasteiger partial charge in [-0.3, -0.25) is 29.2 Å². The molecule has 5 atom stereocenters. The minimum absolute atomic E-state index is 0.221. The van der Waals surface area contributed by atoms with Gasteiger partial charge in [0.2, 0.25) is 5.91 Å². The summed E-state index contributed by atoms with van der Waals surface area (Å²) < 4.78 is 5.62. The van der Waals surface area contributed by atoms with Crippen LogP contribution in [0.5, 0.6) is 0 Å². The number of pyridine rings is 1. The minimum atomic E-state index is -1.04. The Kier molecular flexibility index (Phi) is 12.6. The van der Waals surface area contributed by atoms with Crippen LogP contribution in [-0.2, 0) is 23.9 Å². The number of hydrazine groups is 1. The normalized spacial score (nSPS) is 17.7. The highest BCUT2D eigenvalue weighted by Gasteiger charge is 2.34. The Balaban J connectivity index is 1.59. The summed E-state index contributed by atoms with van der Waals surface area (Å²) in [5.41, 5.74) is 4.76. The Morgan fingerprint density at radius 2 is 1.86 bits per heavy atom. The van der Waals surface area contributed by atoms with E-state index in [-0.39, 0.29) is 29.7 Å². The molecular formula is C34H47N5O5. The zero-order valence-corrected chi connectivity index (χ0v) is 26.6. The van der Waals surface area contributed by atoms with E-state index in [0.29, 0.717) is 32.2 Å². The Hall–Kier alpha value is -4.05. The van der Waals surface area contributed by atoms with Crippen molar-refractivity contribution in [2.75, 3.05) is 6.54 Å². The van der Waals surface area contributed by atoms with Crippen molar-refractivity contribution in [3.63, 3.8) is 0 Å². The van der Waals surface area contributed by atoms with Crippen LogP contribution in [0.1, 0.15) is 84.0 Å². The molecule has 3 N–H and O–H groups in total. The van der Waals surface area contributed by atoms with E-state index in [2.05, 4.69) is 34.2 Å². The lowest BCUT2D eigenvalue weighted by molar-refractivity contribution is -0.163. The first-order valence-corrected chi connectivity index (χ1v) is 15.5. The van der Waals surface area contributed by atoms with Crippen LogP contribution in [-0.4, -0.2) is 58.4 Å². The number of esters is 1. The number of fused-ring (bicyclic) bond motifs is 1. The molecule has 3 rings (SSSR count). The van der Waals surface area contributed by atoms with E-state index in [0.717, 1.165) is 28.5 Å². The number of carbonyl (C=O) groups is 4. The highest BCUT2D eigenvalue weighted by molar-refractivity contribution is 5.91. The monoisotopic (exact) mass is 605 g/mol. The lowest BCUT2D eigenvalue weighted by atomic mass is 9.99.